The molecule has 0 saturated carbocycles. The van der Waals surface area contributed by atoms with Gasteiger partial charge in [-0.2, -0.15) is 0 Å². The van der Waals surface area contributed by atoms with Crippen LogP contribution >= 0.6 is 0 Å². The van der Waals surface area contributed by atoms with Gasteiger partial charge >= 0.3 is 0 Å². The first-order valence-corrected chi connectivity index (χ1v) is 22.2. The Kier molecular flexibility index (Phi) is 8.53. The van der Waals surface area contributed by atoms with Crippen LogP contribution in [0, 0.1) is 0 Å². The van der Waals surface area contributed by atoms with Crippen LogP contribution in [0.2, 0.25) is 0 Å². The van der Waals surface area contributed by atoms with E-state index in [2.05, 4.69) is 252 Å². The molecule has 304 valence electrons. The summed E-state index contributed by atoms with van der Waals surface area (Å²) in [6.45, 7) is 0. The normalized spacial score (nSPS) is 11.7. The van der Waals surface area contributed by atoms with E-state index < -0.39 is 0 Å². The summed E-state index contributed by atoms with van der Waals surface area (Å²) in [6, 6.07) is 87.7. The van der Waals surface area contributed by atoms with Crippen LogP contribution < -0.4 is 4.90 Å². The number of aromatic nitrogens is 1. The SMILES string of the molecule is c1cc(-c2ccc3ccccc3c2)cc(N(c2ccc(-c3cccc(-n4c5ccccc5c5ccccc54)c3)cc2)c2ccccc2-c2cccc3oc4c5ccccc5ccc4c23)c1. The summed E-state index contributed by atoms with van der Waals surface area (Å²) < 4.78 is 9.09. The minimum Gasteiger partial charge on any atom is -0.455 e. The van der Waals surface area contributed by atoms with Crippen molar-refractivity contribution in [1.82, 2.24) is 4.57 Å². The van der Waals surface area contributed by atoms with Gasteiger partial charge in [-0.1, -0.05) is 170 Å². The van der Waals surface area contributed by atoms with Gasteiger partial charge in [0.25, 0.3) is 0 Å². The van der Waals surface area contributed by atoms with Crippen molar-refractivity contribution in [2.75, 3.05) is 4.90 Å². The molecule has 0 amide bonds. The van der Waals surface area contributed by atoms with E-state index in [1.54, 1.807) is 0 Å². The van der Waals surface area contributed by atoms with Crippen LogP contribution in [0.5, 0.6) is 0 Å². The maximum absolute atomic E-state index is 6.71. The van der Waals surface area contributed by atoms with Crippen molar-refractivity contribution in [3.05, 3.63) is 243 Å². The Morgan fingerprint density at radius 3 is 1.75 bits per heavy atom. The first-order valence-electron chi connectivity index (χ1n) is 22.2. The van der Waals surface area contributed by atoms with Crippen molar-refractivity contribution >= 4 is 82.4 Å². The first kappa shape index (κ1) is 36.9. The summed E-state index contributed by atoms with van der Waals surface area (Å²) in [4.78, 5) is 2.41. The van der Waals surface area contributed by atoms with E-state index in [4.69, 9.17) is 4.42 Å². The molecule has 0 N–H and O–H groups in total. The van der Waals surface area contributed by atoms with Gasteiger partial charge in [-0.15, -0.1) is 0 Å². The number of para-hydroxylation sites is 3. The summed E-state index contributed by atoms with van der Waals surface area (Å²) in [5.74, 6) is 0. The Hall–Kier alpha value is -8.66. The molecular formula is C62H40N2O. The lowest BCUT2D eigenvalue weighted by molar-refractivity contribution is 0.673. The van der Waals surface area contributed by atoms with E-state index in [0.717, 1.165) is 77.9 Å². The summed E-state index contributed by atoms with van der Waals surface area (Å²) in [5, 5.41) is 9.49. The van der Waals surface area contributed by atoms with Gasteiger partial charge in [-0.3, -0.25) is 0 Å². The average Bonchev–Trinajstić information content (AvgIpc) is 3.94. The third-order valence-corrected chi connectivity index (χ3v) is 13.2. The van der Waals surface area contributed by atoms with Gasteiger partial charge in [0.15, 0.2) is 0 Å². The van der Waals surface area contributed by atoms with Gasteiger partial charge in [0.05, 0.1) is 16.7 Å². The lowest BCUT2D eigenvalue weighted by atomic mass is 9.95. The minimum absolute atomic E-state index is 0.876. The molecule has 0 saturated heterocycles. The summed E-state index contributed by atoms with van der Waals surface area (Å²) in [6.07, 6.45) is 0. The van der Waals surface area contributed by atoms with E-state index in [-0.39, 0.29) is 0 Å². The van der Waals surface area contributed by atoms with Crippen LogP contribution in [0.3, 0.4) is 0 Å². The highest BCUT2D eigenvalue weighted by molar-refractivity contribution is 6.20. The molecule has 13 rings (SSSR count). The molecular weight excluding hydrogens is 789 g/mol. The van der Waals surface area contributed by atoms with Crippen LogP contribution in [-0.4, -0.2) is 4.57 Å². The van der Waals surface area contributed by atoms with E-state index in [9.17, 15) is 0 Å². The van der Waals surface area contributed by atoms with E-state index in [1.807, 2.05) is 0 Å². The lowest BCUT2D eigenvalue weighted by Gasteiger charge is -2.28. The topological polar surface area (TPSA) is 21.3 Å². The number of hydrogen-bond acceptors (Lipinski definition) is 2. The van der Waals surface area contributed by atoms with Crippen molar-refractivity contribution in [3.63, 3.8) is 0 Å². The fourth-order valence-corrected chi connectivity index (χ4v) is 10.1. The third kappa shape index (κ3) is 6.12. The maximum Gasteiger partial charge on any atom is 0.143 e. The monoisotopic (exact) mass is 828 g/mol. The van der Waals surface area contributed by atoms with Crippen LogP contribution in [0.1, 0.15) is 0 Å². The zero-order chi connectivity index (χ0) is 42.8. The second-order valence-corrected chi connectivity index (χ2v) is 16.9. The zero-order valence-electron chi connectivity index (χ0n) is 35.4. The largest absolute Gasteiger partial charge is 0.455 e. The van der Waals surface area contributed by atoms with Crippen molar-refractivity contribution in [1.29, 1.82) is 0 Å². The van der Waals surface area contributed by atoms with Crippen molar-refractivity contribution in [3.8, 4) is 39.1 Å². The van der Waals surface area contributed by atoms with Crippen LogP contribution in [-0.2, 0) is 0 Å². The van der Waals surface area contributed by atoms with Gasteiger partial charge in [-0.25, -0.2) is 0 Å². The summed E-state index contributed by atoms with van der Waals surface area (Å²) >= 11 is 0. The number of benzene rings is 11. The first-order chi connectivity index (χ1) is 32.2. The molecule has 3 nitrogen and oxygen atoms in total. The van der Waals surface area contributed by atoms with Gasteiger partial charge < -0.3 is 13.9 Å². The number of hydrogen-bond donors (Lipinski definition) is 0. The summed E-state index contributed by atoms with van der Waals surface area (Å²) in [7, 11) is 0. The average molecular weight is 829 g/mol. The smallest absolute Gasteiger partial charge is 0.143 e. The van der Waals surface area contributed by atoms with Crippen LogP contribution in [0.4, 0.5) is 17.1 Å². The standard InChI is InChI=1S/C62H40N2O/c1-2-16-44-38-47(31-30-41(44)14-1)46-18-12-19-49(40-46)63(57-26-8-7-24-54(57)55-25-13-29-60-61(55)56-37-34-43-15-3-4-21-51(43)62(56)65-60)48-35-32-42(33-36-48)45-17-11-20-50(39-45)64-58-27-9-5-22-52(58)53-23-6-10-28-59(53)64/h1-40H. The Morgan fingerprint density at radius 2 is 0.938 bits per heavy atom. The Labute approximate surface area is 376 Å². The molecule has 11 aromatic carbocycles. The predicted molar refractivity (Wildman–Crippen MR) is 274 cm³/mol. The second kappa shape index (κ2) is 15.0. The van der Waals surface area contributed by atoms with Crippen LogP contribution in [0.15, 0.2) is 247 Å². The molecule has 0 aliphatic heterocycles. The molecule has 2 aromatic heterocycles. The van der Waals surface area contributed by atoms with Gasteiger partial charge in [0.1, 0.15) is 11.2 Å². The highest BCUT2D eigenvalue weighted by atomic mass is 16.3. The fourth-order valence-electron chi connectivity index (χ4n) is 10.1. The second-order valence-electron chi connectivity index (χ2n) is 16.9. The molecule has 13 aromatic rings. The Bertz CT molecular complexity index is 3910. The molecule has 0 radical (unpaired) electrons. The van der Waals surface area contributed by atoms with Gasteiger partial charge in [0.2, 0.25) is 0 Å². The number of fused-ring (bicyclic) bond motifs is 9. The van der Waals surface area contributed by atoms with E-state index in [0.29, 0.717) is 0 Å². The number of furan rings is 1. The molecule has 65 heavy (non-hydrogen) atoms. The van der Waals surface area contributed by atoms with Crippen molar-refractivity contribution < 1.29 is 4.42 Å². The number of nitrogens with zero attached hydrogens (tertiary/aromatic N) is 2. The molecule has 0 atom stereocenters. The molecule has 0 unspecified atom stereocenters. The van der Waals surface area contributed by atoms with Crippen molar-refractivity contribution in [2.45, 2.75) is 0 Å². The molecule has 0 aliphatic rings. The molecule has 3 heteroatoms. The highest BCUT2D eigenvalue weighted by Crippen LogP contribution is 2.46. The zero-order valence-corrected chi connectivity index (χ0v) is 35.4. The molecule has 0 aliphatic carbocycles. The van der Waals surface area contributed by atoms with Crippen LogP contribution in [0.25, 0.3) is 104 Å². The highest BCUT2D eigenvalue weighted by Gasteiger charge is 2.22. The number of rotatable bonds is 7. The lowest BCUT2D eigenvalue weighted by Crippen LogP contribution is -2.11. The van der Waals surface area contributed by atoms with Gasteiger partial charge in [-0.05, 0) is 117 Å². The van der Waals surface area contributed by atoms with E-state index >= 15 is 0 Å². The third-order valence-electron chi connectivity index (χ3n) is 13.2. The molecule has 0 fully saturated rings. The maximum atomic E-state index is 6.71. The quantitative estimate of drug-likeness (QED) is 0.160. The van der Waals surface area contributed by atoms with E-state index in [1.165, 1.54) is 43.5 Å². The summed E-state index contributed by atoms with van der Waals surface area (Å²) in [5.41, 5.74) is 15.4. The minimum atomic E-state index is 0.876. The van der Waals surface area contributed by atoms with Crippen molar-refractivity contribution in [2.24, 2.45) is 0 Å². The molecule has 0 bridgehead atoms. The molecule has 2 heterocycles. The Balaban J connectivity index is 0.968. The number of anilines is 3. The molecule has 0 spiro atoms. The fraction of sp³-hybridized carbons (Fsp3) is 0. The predicted octanol–water partition coefficient (Wildman–Crippen LogP) is 17.5. The van der Waals surface area contributed by atoms with Gasteiger partial charge in [0, 0.05) is 49.6 Å². The Morgan fingerprint density at radius 1 is 0.338 bits per heavy atom.